The van der Waals surface area contributed by atoms with Crippen LogP contribution in [-0.2, 0) is 11.3 Å². The van der Waals surface area contributed by atoms with Crippen LogP contribution in [0.15, 0.2) is 72.8 Å². The summed E-state index contributed by atoms with van der Waals surface area (Å²) in [7, 11) is 0. The summed E-state index contributed by atoms with van der Waals surface area (Å²) in [5.74, 6) is -0.806. The van der Waals surface area contributed by atoms with E-state index in [1.54, 1.807) is 17.8 Å². The molecule has 210 valence electrons. The fourth-order valence-electron chi connectivity index (χ4n) is 5.42. The molecule has 6 nitrogen and oxygen atoms in total. The molecule has 4 rings (SSSR count). The molecule has 3 aromatic carbocycles. The Labute approximate surface area is 241 Å². The molecule has 1 aliphatic rings. The third kappa shape index (κ3) is 7.33. The van der Waals surface area contributed by atoms with Crippen molar-refractivity contribution in [3.63, 3.8) is 0 Å². The Hall–Kier alpha value is -3.58. The molecule has 0 unspecified atom stereocenters. The van der Waals surface area contributed by atoms with Gasteiger partial charge in [-0.05, 0) is 84.7 Å². The van der Waals surface area contributed by atoms with Gasteiger partial charge in [0.1, 0.15) is 6.04 Å². The molecular formula is C33H38N2O4S. The van der Waals surface area contributed by atoms with E-state index in [4.69, 9.17) is 0 Å². The van der Waals surface area contributed by atoms with E-state index < -0.39 is 17.9 Å². The van der Waals surface area contributed by atoms with Crippen LogP contribution >= 0.6 is 11.8 Å². The second-order valence-corrected chi connectivity index (χ2v) is 11.4. The van der Waals surface area contributed by atoms with Crippen molar-refractivity contribution in [2.24, 2.45) is 0 Å². The molecule has 0 saturated heterocycles. The zero-order chi connectivity index (χ0) is 28.5. The molecule has 0 heterocycles. The van der Waals surface area contributed by atoms with Crippen LogP contribution in [0.4, 0.5) is 0 Å². The Morgan fingerprint density at radius 3 is 2.33 bits per heavy atom. The monoisotopic (exact) mass is 558 g/mol. The highest BCUT2D eigenvalue weighted by Gasteiger charge is 2.28. The highest BCUT2D eigenvalue weighted by Crippen LogP contribution is 2.31. The highest BCUT2D eigenvalue weighted by molar-refractivity contribution is 7.98. The summed E-state index contributed by atoms with van der Waals surface area (Å²) in [6.07, 6.45) is 7.63. The van der Waals surface area contributed by atoms with E-state index in [1.165, 1.54) is 6.42 Å². The van der Waals surface area contributed by atoms with Crippen LogP contribution in [0.5, 0.6) is 0 Å². The normalized spacial score (nSPS) is 14.3. The van der Waals surface area contributed by atoms with Gasteiger partial charge in [-0.25, -0.2) is 4.79 Å². The lowest BCUT2D eigenvalue weighted by atomic mass is 9.91. The first-order valence-electron chi connectivity index (χ1n) is 14.0. The van der Waals surface area contributed by atoms with Gasteiger partial charge in [0.2, 0.25) is 0 Å². The number of aliphatic carboxylic acids is 1. The number of rotatable bonds is 11. The zero-order valence-corrected chi connectivity index (χ0v) is 24.1. The third-order valence-corrected chi connectivity index (χ3v) is 8.27. The van der Waals surface area contributed by atoms with Crippen molar-refractivity contribution in [1.29, 1.82) is 0 Å². The molecule has 40 heavy (non-hydrogen) atoms. The van der Waals surface area contributed by atoms with E-state index in [-0.39, 0.29) is 11.9 Å². The van der Waals surface area contributed by atoms with Gasteiger partial charge >= 0.3 is 5.97 Å². The first-order chi connectivity index (χ1) is 19.4. The van der Waals surface area contributed by atoms with Crippen LogP contribution in [0.25, 0.3) is 11.1 Å². The molecule has 0 bridgehead atoms. The maximum atomic E-state index is 13.7. The lowest BCUT2D eigenvalue weighted by molar-refractivity contribution is -0.139. The molecule has 7 heteroatoms. The van der Waals surface area contributed by atoms with Crippen molar-refractivity contribution in [2.75, 3.05) is 12.0 Å². The molecule has 0 aromatic heterocycles. The molecule has 2 amide bonds. The van der Waals surface area contributed by atoms with Gasteiger partial charge in [0, 0.05) is 23.7 Å². The topological polar surface area (TPSA) is 86.7 Å². The summed E-state index contributed by atoms with van der Waals surface area (Å²) >= 11 is 1.55. The fraction of sp³-hybridized carbons (Fsp3) is 0.364. The minimum Gasteiger partial charge on any atom is -0.480 e. The van der Waals surface area contributed by atoms with Gasteiger partial charge in [0.15, 0.2) is 0 Å². The molecule has 1 atom stereocenters. The van der Waals surface area contributed by atoms with Crippen molar-refractivity contribution in [2.45, 2.75) is 64.1 Å². The van der Waals surface area contributed by atoms with Gasteiger partial charge in [-0.15, -0.1) is 0 Å². The van der Waals surface area contributed by atoms with Crippen LogP contribution in [-0.4, -0.2) is 51.9 Å². The molecule has 3 aromatic rings. The summed E-state index contributed by atoms with van der Waals surface area (Å²) in [6.45, 7) is 2.43. The Morgan fingerprint density at radius 1 is 0.950 bits per heavy atom. The SMILES string of the molecule is CSCC[C@H](NC(=O)c1ccc(CN(C(=O)c2ccccc2)C2CCCCC2)cc1-c1ccccc1C)C(=O)O. The van der Waals surface area contributed by atoms with Crippen LogP contribution in [0.3, 0.4) is 0 Å². The van der Waals surface area contributed by atoms with Gasteiger partial charge in [0.25, 0.3) is 11.8 Å². The van der Waals surface area contributed by atoms with Crippen molar-refractivity contribution >= 4 is 29.5 Å². The minimum absolute atomic E-state index is 0.0184. The first-order valence-corrected chi connectivity index (χ1v) is 15.4. The number of hydrogen-bond acceptors (Lipinski definition) is 4. The number of carbonyl (C=O) groups excluding carboxylic acids is 2. The second kappa shape index (κ2) is 14.2. The Balaban J connectivity index is 1.70. The summed E-state index contributed by atoms with van der Waals surface area (Å²) < 4.78 is 0. The molecule has 1 saturated carbocycles. The Kier molecular flexibility index (Phi) is 10.4. The van der Waals surface area contributed by atoms with E-state index in [1.807, 2.05) is 84.8 Å². The smallest absolute Gasteiger partial charge is 0.326 e. The number of aryl methyl sites for hydroxylation is 1. The van der Waals surface area contributed by atoms with Gasteiger partial charge in [-0.2, -0.15) is 11.8 Å². The molecule has 0 spiro atoms. The summed E-state index contributed by atoms with van der Waals surface area (Å²) in [5, 5.41) is 12.4. The lowest BCUT2D eigenvalue weighted by Gasteiger charge is -2.35. The van der Waals surface area contributed by atoms with Crippen LogP contribution in [0, 0.1) is 6.92 Å². The van der Waals surface area contributed by atoms with Gasteiger partial charge in [0.05, 0.1) is 0 Å². The molecule has 0 aliphatic heterocycles. The van der Waals surface area contributed by atoms with Crippen LogP contribution in [0.2, 0.25) is 0 Å². The number of amides is 2. The standard InChI is InChI=1S/C33H38N2O4S/c1-23-11-9-10-16-27(23)29-21-24(17-18-28(29)31(36)34-30(33(38)39)19-20-40-2)22-35(26-14-7-4-8-15-26)32(37)25-12-5-3-6-13-25/h3,5-6,9-13,16-18,21,26,30H,4,7-8,14-15,19-20,22H2,1-2H3,(H,34,36)(H,38,39)/t30-/m0/s1. The van der Waals surface area contributed by atoms with E-state index >= 15 is 0 Å². The number of carboxylic acid groups (broad SMARTS) is 1. The van der Waals surface area contributed by atoms with E-state index in [2.05, 4.69) is 5.32 Å². The zero-order valence-electron chi connectivity index (χ0n) is 23.3. The average molecular weight is 559 g/mol. The quantitative estimate of drug-likeness (QED) is 0.278. The average Bonchev–Trinajstić information content (AvgIpc) is 2.98. The third-order valence-electron chi connectivity index (χ3n) is 7.63. The fourth-order valence-corrected chi connectivity index (χ4v) is 5.89. The second-order valence-electron chi connectivity index (χ2n) is 10.4. The number of nitrogens with zero attached hydrogens (tertiary/aromatic N) is 1. The summed E-state index contributed by atoms with van der Waals surface area (Å²) in [4.78, 5) is 41.0. The number of carboxylic acids is 1. The number of carbonyl (C=O) groups is 3. The van der Waals surface area contributed by atoms with Crippen LogP contribution < -0.4 is 5.32 Å². The maximum absolute atomic E-state index is 13.7. The highest BCUT2D eigenvalue weighted by atomic mass is 32.2. The molecule has 1 fully saturated rings. The lowest BCUT2D eigenvalue weighted by Crippen LogP contribution is -2.41. The van der Waals surface area contributed by atoms with Crippen molar-refractivity contribution in [1.82, 2.24) is 10.2 Å². The predicted molar refractivity (Wildman–Crippen MR) is 162 cm³/mol. The molecular weight excluding hydrogens is 520 g/mol. The number of benzene rings is 3. The Morgan fingerprint density at radius 2 is 1.65 bits per heavy atom. The maximum Gasteiger partial charge on any atom is 0.326 e. The minimum atomic E-state index is -1.04. The predicted octanol–water partition coefficient (Wildman–Crippen LogP) is 6.57. The van der Waals surface area contributed by atoms with E-state index in [9.17, 15) is 19.5 Å². The summed E-state index contributed by atoms with van der Waals surface area (Å²) in [5.41, 5.74) is 4.68. The van der Waals surface area contributed by atoms with Crippen LogP contribution in [0.1, 0.15) is 70.4 Å². The molecule has 2 N–H and O–H groups in total. The summed E-state index contributed by atoms with van der Waals surface area (Å²) in [6, 6.07) is 22.1. The largest absolute Gasteiger partial charge is 0.480 e. The Bertz CT molecular complexity index is 1320. The van der Waals surface area contributed by atoms with Crippen molar-refractivity contribution < 1.29 is 19.5 Å². The first kappa shape index (κ1) is 29.4. The molecule has 1 aliphatic carbocycles. The number of thioether (sulfide) groups is 1. The van der Waals surface area contributed by atoms with Gasteiger partial charge < -0.3 is 15.3 Å². The van der Waals surface area contributed by atoms with E-state index in [0.29, 0.717) is 29.8 Å². The van der Waals surface area contributed by atoms with E-state index in [0.717, 1.165) is 47.9 Å². The number of hydrogen-bond donors (Lipinski definition) is 2. The number of nitrogens with one attached hydrogen (secondary N) is 1. The van der Waals surface area contributed by atoms with Gasteiger partial charge in [-0.3, -0.25) is 9.59 Å². The van der Waals surface area contributed by atoms with Crippen molar-refractivity contribution in [3.8, 4) is 11.1 Å². The van der Waals surface area contributed by atoms with Gasteiger partial charge in [-0.1, -0.05) is 67.8 Å². The molecule has 0 radical (unpaired) electrons. The van der Waals surface area contributed by atoms with Crippen molar-refractivity contribution in [3.05, 3.63) is 95.1 Å².